The Kier molecular flexibility index (Phi) is 7.43. The van der Waals surface area contributed by atoms with Gasteiger partial charge >= 0.3 is 0 Å². The zero-order valence-corrected chi connectivity index (χ0v) is 18.2. The third-order valence-electron chi connectivity index (χ3n) is 4.63. The summed E-state index contributed by atoms with van der Waals surface area (Å²) in [7, 11) is 3.85. The van der Waals surface area contributed by atoms with Crippen molar-refractivity contribution < 1.29 is 19.8 Å². The summed E-state index contributed by atoms with van der Waals surface area (Å²) in [6.07, 6.45) is 2.78. The summed E-state index contributed by atoms with van der Waals surface area (Å²) in [4.78, 5) is 27.4. The second kappa shape index (κ2) is 10.6. The first kappa shape index (κ1) is 23.1. The minimum atomic E-state index is -0.648. The largest absolute Gasteiger partial charge is 0.508 e. The molecule has 8 heteroatoms. The maximum atomic E-state index is 12.8. The minimum absolute atomic E-state index is 0.00599. The maximum absolute atomic E-state index is 12.8. The Morgan fingerprint density at radius 2 is 1.64 bits per heavy atom. The number of nitrogens with zero attached hydrogens (tertiary/aromatic N) is 2. The summed E-state index contributed by atoms with van der Waals surface area (Å²) in [6.45, 7) is 0. The molecule has 0 spiro atoms. The molecule has 0 aliphatic carbocycles. The number of amides is 2. The number of phenolic OH excluding ortho intramolecular Hbond substituents is 2. The molecule has 0 aliphatic heterocycles. The number of hydrogen-bond acceptors (Lipinski definition) is 6. The van der Waals surface area contributed by atoms with Crippen molar-refractivity contribution in [3.8, 4) is 11.5 Å². The van der Waals surface area contributed by atoms with Crippen LogP contribution in [0, 0.1) is 0 Å². The van der Waals surface area contributed by atoms with E-state index >= 15 is 0 Å². The van der Waals surface area contributed by atoms with Crippen molar-refractivity contribution >= 4 is 29.8 Å². The smallest absolute Gasteiger partial charge is 0.287 e. The first-order valence-corrected chi connectivity index (χ1v) is 10.0. The van der Waals surface area contributed by atoms with Gasteiger partial charge in [0.15, 0.2) is 0 Å². The summed E-state index contributed by atoms with van der Waals surface area (Å²) in [5.74, 6) is -1.38. The van der Waals surface area contributed by atoms with Crippen molar-refractivity contribution in [3.63, 3.8) is 0 Å². The minimum Gasteiger partial charge on any atom is -0.508 e. The second-order valence-corrected chi connectivity index (χ2v) is 7.31. The van der Waals surface area contributed by atoms with Gasteiger partial charge in [0, 0.05) is 37.0 Å². The zero-order chi connectivity index (χ0) is 23.8. The van der Waals surface area contributed by atoms with Crippen LogP contribution in [0.15, 0.2) is 83.6 Å². The number of phenols is 2. The van der Waals surface area contributed by atoms with Crippen molar-refractivity contribution in [1.29, 1.82) is 0 Å². The van der Waals surface area contributed by atoms with Gasteiger partial charge in [0.25, 0.3) is 11.8 Å². The van der Waals surface area contributed by atoms with E-state index in [0.717, 1.165) is 11.8 Å². The molecular formula is C25H24N4O4. The van der Waals surface area contributed by atoms with Crippen molar-refractivity contribution in [1.82, 2.24) is 10.7 Å². The number of nitrogens with one attached hydrogen (secondary N) is 2. The number of rotatable bonds is 7. The Labute approximate surface area is 191 Å². The Hall–Kier alpha value is -4.59. The zero-order valence-electron chi connectivity index (χ0n) is 18.2. The molecule has 0 atom stereocenters. The summed E-state index contributed by atoms with van der Waals surface area (Å²) in [5.41, 5.74) is 4.73. The molecular weight excluding hydrogens is 420 g/mol. The molecule has 0 aromatic heterocycles. The van der Waals surface area contributed by atoms with Gasteiger partial charge < -0.3 is 20.4 Å². The molecule has 8 nitrogen and oxygen atoms in total. The predicted molar refractivity (Wildman–Crippen MR) is 128 cm³/mol. The van der Waals surface area contributed by atoms with Crippen LogP contribution < -0.4 is 15.6 Å². The molecule has 0 fully saturated rings. The summed E-state index contributed by atoms with van der Waals surface area (Å²) >= 11 is 0. The van der Waals surface area contributed by atoms with Crippen LogP contribution in [0.1, 0.15) is 21.5 Å². The number of carbonyl (C=O) groups is 2. The van der Waals surface area contributed by atoms with E-state index in [1.54, 1.807) is 36.4 Å². The number of carbonyl (C=O) groups excluding carboxylic acids is 2. The number of benzene rings is 3. The van der Waals surface area contributed by atoms with Crippen LogP contribution in [0.4, 0.5) is 5.69 Å². The topological polar surface area (TPSA) is 114 Å². The quantitative estimate of drug-likeness (QED) is 0.254. The van der Waals surface area contributed by atoms with Crippen molar-refractivity contribution in [2.24, 2.45) is 5.10 Å². The van der Waals surface area contributed by atoms with Crippen molar-refractivity contribution in [2.75, 3.05) is 19.0 Å². The molecule has 2 amide bonds. The summed E-state index contributed by atoms with van der Waals surface area (Å²) in [6, 6.07) is 20.0. The maximum Gasteiger partial charge on any atom is 0.287 e. The van der Waals surface area contributed by atoms with Gasteiger partial charge in [0.2, 0.25) is 0 Å². The van der Waals surface area contributed by atoms with E-state index < -0.39 is 11.8 Å². The van der Waals surface area contributed by atoms with Crippen LogP contribution in [0.5, 0.6) is 11.5 Å². The molecule has 4 N–H and O–H groups in total. The molecule has 0 aliphatic rings. The monoisotopic (exact) mass is 444 g/mol. The lowest BCUT2D eigenvalue weighted by molar-refractivity contribution is -0.117. The number of hydrazone groups is 1. The van der Waals surface area contributed by atoms with Gasteiger partial charge in [-0.3, -0.25) is 9.59 Å². The fraction of sp³-hybridized carbons (Fsp3) is 0.0800. The number of anilines is 1. The normalized spacial score (nSPS) is 11.3. The molecule has 168 valence electrons. The van der Waals surface area contributed by atoms with Gasteiger partial charge in [-0.2, -0.15) is 5.10 Å². The van der Waals surface area contributed by atoms with E-state index in [2.05, 4.69) is 15.8 Å². The van der Waals surface area contributed by atoms with E-state index in [1.807, 2.05) is 43.3 Å². The highest BCUT2D eigenvalue weighted by Gasteiger charge is 2.14. The third kappa shape index (κ3) is 6.44. The molecule has 33 heavy (non-hydrogen) atoms. The molecule has 3 rings (SSSR count). The Morgan fingerprint density at radius 3 is 2.27 bits per heavy atom. The Morgan fingerprint density at radius 1 is 0.939 bits per heavy atom. The van der Waals surface area contributed by atoms with Crippen LogP contribution in [-0.4, -0.2) is 42.3 Å². The lowest BCUT2D eigenvalue weighted by atomic mass is 10.1. The average Bonchev–Trinajstić information content (AvgIpc) is 2.80. The summed E-state index contributed by atoms with van der Waals surface area (Å²) < 4.78 is 0. The lowest BCUT2D eigenvalue weighted by Gasteiger charge is -2.12. The van der Waals surface area contributed by atoms with E-state index in [4.69, 9.17) is 0 Å². The van der Waals surface area contributed by atoms with Crippen LogP contribution in [0.2, 0.25) is 0 Å². The van der Waals surface area contributed by atoms with E-state index in [0.29, 0.717) is 16.7 Å². The Balaban J connectivity index is 1.82. The van der Waals surface area contributed by atoms with Crippen molar-refractivity contribution in [2.45, 2.75) is 0 Å². The molecule has 0 saturated carbocycles. The third-order valence-corrected chi connectivity index (χ3v) is 4.63. The second-order valence-electron chi connectivity index (χ2n) is 7.31. The van der Waals surface area contributed by atoms with Crippen LogP contribution >= 0.6 is 0 Å². The molecule has 0 heterocycles. The molecule has 0 bridgehead atoms. The van der Waals surface area contributed by atoms with Crippen LogP contribution in [-0.2, 0) is 4.79 Å². The predicted octanol–water partition coefficient (Wildman–Crippen LogP) is 3.09. The number of hydrogen-bond donors (Lipinski definition) is 4. The van der Waals surface area contributed by atoms with Crippen molar-refractivity contribution in [3.05, 3.63) is 95.2 Å². The summed E-state index contributed by atoms with van der Waals surface area (Å²) in [5, 5.41) is 25.7. The SMILES string of the molecule is CN(C)c1ccc(C=C(NC(=O)c2ccccc2)C(=O)NN=Cc2ccc(O)cc2O)cc1. The first-order chi connectivity index (χ1) is 15.8. The van der Waals surface area contributed by atoms with Gasteiger partial charge in [-0.25, -0.2) is 5.43 Å². The van der Waals surface area contributed by atoms with Gasteiger partial charge in [-0.15, -0.1) is 0 Å². The molecule has 3 aromatic carbocycles. The first-order valence-electron chi connectivity index (χ1n) is 10.0. The molecule has 0 unspecified atom stereocenters. The van der Waals surface area contributed by atoms with Crippen LogP contribution in [0.25, 0.3) is 6.08 Å². The standard InChI is InChI=1S/C25H24N4O4/c1-29(2)20-11-8-17(9-12-20)14-22(27-24(32)18-6-4-3-5-7-18)25(33)28-26-16-19-10-13-21(30)15-23(19)31/h3-16,30-31H,1-2H3,(H,27,32)(H,28,33). The fourth-order valence-corrected chi connectivity index (χ4v) is 2.84. The van der Waals surface area contributed by atoms with Gasteiger partial charge in [-0.1, -0.05) is 30.3 Å². The lowest BCUT2D eigenvalue weighted by Crippen LogP contribution is -2.32. The van der Waals surface area contributed by atoms with E-state index in [9.17, 15) is 19.8 Å². The molecule has 0 radical (unpaired) electrons. The van der Waals surface area contributed by atoms with Crippen LogP contribution in [0.3, 0.4) is 0 Å². The average molecular weight is 444 g/mol. The fourth-order valence-electron chi connectivity index (χ4n) is 2.84. The molecule has 3 aromatic rings. The van der Waals surface area contributed by atoms with E-state index in [-0.39, 0.29) is 17.2 Å². The molecule has 0 saturated heterocycles. The highest BCUT2D eigenvalue weighted by molar-refractivity contribution is 6.05. The van der Waals surface area contributed by atoms with Gasteiger partial charge in [0.05, 0.1) is 6.21 Å². The van der Waals surface area contributed by atoms with Gasteiger partial charge in [-0.05, 0) is 48.0 Å². The highest BCUT2D eigenvalue weighted by Crippen LogP contribution is 2.20. The highest BCUT2D eigenvalue weighted by atomic mass is 16.3. The Bertz CT molecular complexity index is 1190. The van der Waals surface area contributed by atoms with Gasteiger partial charge in [0.1, 0.15) is 17.2 Å². The van der Waals surface area contributed by atoms with E-state index in [1.165, 1.54) is 18.3 Å². The number of aromatic hydroxyl groups is 2.